The molecule has 2 fully saturated rings. The molecule has 1 aromatic carbocycles. The lowest BCUT2D eigenvalue weighted by molar-refractivity contribution is -0.131. The van der Waals surface area contributed by atoms with Crippen LogP contribution in [0.3, 0.4) is 0 Å². The van der Waals surface area contributed by atoms with Gasteiger partial charge < -0.3 is 4.90 Å². The van der Waals surface area contributed by atoms with E-state index in [0.717, 1.165) is 44.2 Å². The maximum Gasteiger partial charge on any atom is 0.243 e. The first kappa shape index (κ1) is 20.5. The molecule has 4 rings (SSSR count). The van der Waals surface area contributed by atoms with Gasteiger partial charge in [0.15, 0.2) is 0 Å². The minimum atomic E-state index is -3.63. The zero-order chi connectivity index (χ0) is 20.4. The van der Waals surface area contributed by atoms with Crippen LogP contribution in [0, 0.1) is 5.82 Å². The Balaban J connectivity index is 1.35. The zero-order valence-corrected chi connectivity index (χ0v) is 17.4. The molecule has 0 radical (unpaired) electrons. The molecule has 0 unspecified atom stereocenters. The molecule has 1 amide bonds. The summed E-state index contributed by atoms with van der Waals surface area (Å²) in [5.41, 5.74) is 1.18. The smallest absolute Gasteiger partial charge is 0.243 e. The van der Waals surface area contributed by atoms with Gasteiger partial charge in [0, 0.05) is 37.9 Å². The Morgan fingerprint density at radius 2 is 1.76 bits per heavy atom. The zero-order valence-electron chi connectivity index (χ0n) is 16.6. The molecule has 6 nitrogen and oxygen atoms in total. The largest absolute Gasteiger partial charge is 0.312 e. The Labute approximate surface area is 172 Å². The van der Waals surface area contributed by atoms with Gasteiger partial charge >= 0.3 is 0 Å². The van der Waals surface area contributed by atoms with Gasteiger partial charge in [-0.3, -0.25) is 9.69 Å². The highest BCUT2D eigenvalue weighted by Gasteiger charge is 2.36. The lowest BCUT2D eigenvalue weighted by Gasteiger charge is -2.35. The third-order valence-corrected chi connectivity index (χ3v) is 7.81. The van der Waals surface area contributed by atoms with E-state index >= 15 is 0 Å². The summed E-state index contributed by atoms with van der Waals surface area (Å²) in [5, 5.41) is 0. The van der Waals surface area contributed by atoms with Crippen LogP contribution in [-0.2, 0) is 14.8 Å². The van der Waals surface area contributed by atoms with Crippen molar-refractivity contribution in [3.8, 4) is 0 Å². The summed E-state index contributed by atoms with van der Waals surface area (Å²) >= 11 is 0. The van der Waals surface area contributed by atoms with Crippen molar-refractivity contribution in [2.45, 2.75) is 49.5 Å². The molecule has 1 saturated carbocycles. The standard InChI is InChI=1S/C21H28FN3O3S/c22-17-6-10-20(11-7-17)29(27,28)24-14-12-23(13-15-24)16-21(26)25(19-8-9-19)18-4-2-1-3-5-18/h4,6-7,10-11,19H,1-3,5,8-9,12-16H2. The molecule has 0 spiro atoms. The van der Waals surface area contributed by atoms with Gasteiger partial charge in [0.05, 0.1) is 11.4 Å². The quantitative estimate of drug-likeness (QED) is 0.708. The van der Waals surface area contributed by atoms with Gasteiger partial charge in [0.1, 0.15) is 5.82 Å². The number of benzene rings is 1. The second-order valence-corrected chi connectivity index (χ2v) is 10.0. The molecular weight excluding hydrogens is 393 g/mol. The van der Waals surface area contributed by atoms with E-state index in [0.29, 0.717) is 38.8 Å². The number of piperazine rings is 1. The van der Waals surface area contributed by atoms with Gasteiger partial charge in [0.2, 0.25) is 15.9 Å². The number of halogens is 1. The van der Waals surface area contributed by atoms with E-state index in [1.807, 2.05) is 9.80 Å². The number of allylic oxidation sites excluding steroid dienone is 2. The summed E-state index contributed by atoms with van der Waals surface area (Å²) in [6, 6.07) is 5.27. The Kier molecular flexibility index (Phi) is 6.03. The van der Waals surface area contributed by atoms with E-state index in [4.69, 9.17) is 0 Å². The van der Waals surface area contributed by atoms with E-state index in [2.05, 4.69) is 6.08 Å². The van der Waals surface area contributed by atoms with Crippen LogP contribution in [0.2, 0.25) is 0 Å². The van der Waals surface area contributed by atoms with E-state index in [1.54, 1.807) is 0 Å². The molecule has 1 heterocycles. The van der Waals surface area contributed by atoms with Crippen LogP contribution in [-0.4, -0.2) is 67.2 Å². The number of nitrogens with zero attached hydrogens (tertiary/aromatic N) is 3. The van der Waals surface area contributed by atoms with Crippen molar-refractivity contribution in [1.29, 1.82) is 0 Å². The van der Waals surface area contributed by atoms with Crippen molar-refractivity contribution in [2.75, 3.05) is 32.7 Å². The highest BCUT2D eigenvalue weighted by molar-refractivity contribution is 7.89. The van der Waals surface area contributed by atoms with Crippen LogP contribution >= 0.6 is 0 Å². The summed E-state index contributed by atoms with van der Waals surface area (Å²) < 4.78 is 40.0. The summed E-state index contributed by atoms with van der Waals surface area (Å²) in [4.78, 5) is 17.2. The van der Waals surface area contributed by atoms with Gasteiger partial charge in [-0.2, -0.15) is 4.31 Å². The predicted molar refractivity (Wildman–Crippen MR) is 108 cm³/mol. The second kappa shape index (κ2) is 8.53. The monoisotopic (exact) mass is 421 g/mol. The first-order chi connectivity index (χ1) is 13.9. The lowest BCUT2D eigenvalue weighted by Crippen LogP contribution is -2.51. The van der Waals surface area contributed by atoms with Crippen LogP contribution in [0.5, 0.6) is 0 Å². The fourth-order valence-electron chi connectivity index (χ4n) is 4.12. The Morgan fingerprint density at radius 1 is 1.07 bits per heavy atom. The first-order valence-corrected chi connectivity index (χ1v) is 11.9. The molecule has 1 aliphatic heterocycles. The van der Waals surface area contributed by atoms with Crippen molar-refractivity contribution in [3.63, 3.8) is 0 Å². The van der Waals surface area contributed by atoms with E-state index in [1.165, 1.54) is 28.6 Å². The summed E-state index contributed by atoms with van der Waals surface area (Å²) in [6.45, 7) is 2.03. The molecule has 0 bridgehead atoms. The molecule has 3 aliphatic rings. The molecule has 2 aliphatic carbocycles. The fraction of sp³-hybridized carbons (Fsp3) is 0.571. The van der Waals surface area contributed by atoms with Crippen LogP contribution < -0.4 is 0 Å². The topological polar surface area (TPSA) is 60.9 Å². The Bertz CT molecular complexity index is 873. The second-order valence-electron chi connectivity index (χ2n) is 8.07. The molecular formula is C21H28FN3O3S. The molecule has 158 valence electrons. The molecule has 1 aromatic rings. The SMILES string of the molecule is O=C(CN1CCN(S(=O)(=O)c2ccc(F)cc2)CC1)N(C1=CCCCC1)C1CC1. The highest BCUT2D eigenvalue weighted by atomic mass is 32.2. The summed E-state index contributed by atoms with van der Waals surface area (Å²) in [7, 11) is -3.63. The lowest BCUT2D eigenvalue weighted by atomic mass is 10.0. The number of hydrogen-bond donors (Lipinski definition) is 0. The van der Waals surface area contributed by atoms with Crippen molar-refractivity contribution in [2.24, 2.45) is 0 Å². The minimum absolute atomic E-state index is 0.104. The van der Waals surface area contributed by atoms with Crippen LogP contribution in [0.25, 0.3) is 0 Å². The molecule has 1 saturated heterocycles. The van der Waals surface area contributed by atoms with Crippen molar-refractivity contribution < 1.29 is 17.6 Å². The van der Waals surface area contributed by atoms with Crippen LogP contribution in [0.4, 0.5) is 4.39 Å². The van der Waals surface area contributed by atoms with E-state index < -0.39 is 15.8 Å². The van der Waals surface area contributed by atoms with Gasteiger partial charge in [-0.1, -0.05) is 6.08 Å². The number of carbonyl (C=O) groups excluding carboxylic acids is 1. The number of amides is 1. The van der Waals surface area contributed by atoms with Crippen molar-refractivity contribution in [1.82, 2.24) is 14.1 Å². The fourth-order valence-corrected chi connectivity index (χ4v) is 5.54. The predicted octanol–water partition coefficient (Wildman–Crippen LogP) is 2.58. The molecule has 0 N–H and O–H groups in total. The normalized spacial score (nSPS) is 21.6. The minimum Gasteiger partial charge on any atom is -0.312 e. The van der Waals surface area contributed by atoms with Crippen molar-refractivity contribution >= 4 is 15.9 Å². The van der Waals surface area contributed by atoms with Gasteiger partial charge in [-0.15, -0.1) is 0 Å². The number of rotatable bonds is 6. The molecule has 0 aromatic heterocycles. The molecule has 0 atom stereocenters. The third kappa shape index (κ3) is 4.70. The van der Waals surface area contributed by atoms with Crippen LogP contribution in [0.1, 0.15) is 38.5 Å². The summed E-state index contributed by atoms with van der Waals surface area (Å²) in [6.07, 6.45) is 8.73. The van der Waals surface area contributed by atoms with Crippen LogP contribution in [0.15, 0.2) is 40.9 Å². The number of hydrogen-bond acceptors (Lipinski definition) is 4. The maximum absolute atomic E-state index is 13.1. The Hall–Kier alpha value is -1.77. The number of carbonyl (C=O) groups is 1. The van der Waals surface area contributed by atoms with Gasteiger partial charge in [-0.25, -0.2) is 12.8 Å². The van der Waals surface area contributed by atoms with E-state index in [-0.39, 0.29) is 10.8 Å². The molecule has 8 heteroatoms. The average molecular weight is 422 g/mol. The van der Waals surface area contributed by atoms with Gasteiger partial charge in [0.25, 0.3) is 0 Å². The Morgan fingerprint density at radius 3 is 2.34 bits per heavy atom. The first-order valence-electron chi connectivity index (χ1n) is 10.4. The molecule has 29 heavy (non-hydrogen) atoms. The maximum atomic E-state index is 13.1. The third-order valence-electron chi connectivity index (χ3n) is 5.90. The number of sulfonamides is 1. The highest BCUT2D eigenvalue weighted by Crippen LogP contribution is 2.34. The average Bonchev–Trinajstić information content (AvgIpc) is 3.55. The van der Waals surface area contributed by atoms with E-state index in [9.17, 15) is 17.6 Å². The van der Waals surface area contributed by atoms with Crippen molar-refractivity contribution in [3.05, 3.63) is 41.9 Å². The summed E-state index contributed by atoms with van der Waals surface area (Å²) in [5.74, 6) is -0.323. The van der Waals surface area contributed by atoms with Gasteiger partial charge in [-0.05, 0) is 62.8 Å².